The summed E-state index contributed by atoms with van der Waals surface area (Å²) in [5.41, 5.74) is 1.88. The topological polar surface area (TPSA) is 76.1 Å². The molecule has 0 aromatic carbocycles. The first-order valence-electron chi connectivity index (χ1n) is 6.10. The number of methoxy groups -OCH3 is 1. The van der Waals surface area contributed by atoms with Gasteiger partial charge in [0.05, 0.1) is 7.11 Å². The second kappa shape index (κ2) is 6.01. The summed E-state index contributed by atoms with van der Waals surface area (Å²) in [5, 5.41) is 5.29. The van der Waals surface area contributed by atoms with Crippen LogP contribution in [0, 0.1) is 13.8 Å². The van der Waals surface area contributed by atoms with Crippen LogP contribution in [0.2, 0.25) is 0 Å². The maximum Gasteiger partial charge on any atom is 0.326 e. The number of urea groups is 1. The molecule has 0 unspecified atom stereocenters. The Kier molecular flexibility index (Phi) is 4.14. The molecule has 104 valence electrons. The number of hydrogen-bond acceptors (Lipinski definition) is 4. The number of nitrogens with zero attached hydrogens (tertiary/aromatic N) is 2. The van der Waals surface area contributed by atoms with Gasteiger partial charge in [0.25, 0.3) is 0 Å². The number of carbonyl (C=O) groups is 1. The van der Waals surface area contributed by atoms with E-state index in [0.717, 1.165) is 11.3 Å². The van der Waals surface area contributed by atoms with Gasteiger partial charge in [-0.3, -0.25) is 10.6 Å². The number of pyridine rings is 2. The minimum Gasteiger partial charge on any atom is -0.497 e. The van der Waals surface area contributed by atoms with E-state index in [1.165, 1.54) is 0 Å². The van der Waals surface area contributed by atoms with Crippen molar-refractivity contribution in [2.75, 3.05) is 17.7 Å². The molecule has 20 heavy (non-hydrogen) atoms. The van der Waals surface area contributed by atoms with Crippen molar-refractivity contribution in [1.29, 1.82) is 0 Å². The monoisotopic (exact) mass is 272 g/mol. The molecular formula is C14H16N4O2. The summed E-state index contributed by atoms with van der Waals surface area (Å²) < 4.78 is 5.06. The van der Waals surface area contributed by atoms with Gasteiger partial charge in [-0.05, 0) is 37.6 Å². The molecule has 0 bridgehead atoms. The van der Waals surface area contributed by atoms with E-state index in [-0.39, 0.29) is 0 Å². The second-order valence-corrected chi connectivity index (χ2v) is 4.33. The number of ether oxygens (including phenoxy) is 1. The van der Waals surface area contributed by atoms with Crippen LogP contribution >= 0.6 is 0 Å². The van der Waals surface area contributed by atoms with E-state index >= 15 is 0 Å². The first-order chi connectivity index (χ1) is 9.56. The van der Waals surface area contributed by atoms with Crippen LogP contribution < -0.4 is 15.4 Å². The van der Waals surface area contributed by atoms with Crippen molar-refractivity contribution in [2.45, 2.75) is 13.8 Å². The minimum absolute atomic E-state index is 0.400. The lowest BCUT2D eigenvalue weighted by molar-refractivity contribution is 0.262. The molecule has 2 amide bonds. The van der Waals surface area contributed by atoms with Gasteiger partial charge in [0.2, 0.25) is 0 Å². The number of amides is 2. The average molecular weight is 272 g/mol. The predicted molar refractivity (Wildman–Crippen MR) is 77.1 cm³/mol. The number of aryl methyl sites for hydroxylation is 2. The highest BCUT2D eigenvalue weighted by atomic mass is 16.5. The summed E-state index contributed by atoms with van der Waals surface area (Å²) in [6, 6.07) is 6.67. The van der Waals surface area contributed by atoms with Gasteiger partial charge in [-0.15, -0.1) is 0 Å². The lowest BCUT2D eigenvalue weighted by Gasteiger charge is -2.08. The SMILES string of the molecule is COc1ccnc(NC(=O)Nc2cc(C)cc(C)n2)c1. The molecule has 2 N–H and O–H groups in total. The van der Waals surface area contributed by atoms with Crippen LogP contribution in [0.5, 0.6) is 5.75 Å². The number of anilines is 2. The van der Waals surface area contributed by atoms with E-state index in [1.807, 2.05) is 19.9 Å². The van der Waals surface area contributed by atoms with Gasteiger partial charge in [-0.2, -0.15) is 0 Å². The quantitative estimate of drug-likeness (QED) is 0.900. The van der Waals surface area contributed by atoms with Crippen molar-refractivity contribution >= 4 is 17.7 Å². The number of nitrogens with one attached hydrogen (secondary N) is 2. The smallest absolute Gasteiger partial charge is 0.326 e. The zero-order chi connectivity index (χ0) is 14.5. The lowest BCUT2D eigenvalue weighted by atomic mass is 10.2. The summed E-state index contributed by atoms with van der Waals surface area (Å²) in [6.07, 6.45) is 1.56. The largest absolute Gasteiger partial charge is 0.497 e. The molecule has 0 aliphatic rings. The molecule has 2 rings (SSSR count). The normalized spacial score (nSPS) is 9.95. The molecule has 0 fully saturated rings. The third kappa shape index (κ3) is 3.68. The van der Waals surface area contributed by atoms with Crippen LogP contribution in [-0.2, 0) is 0 Å². The summed E-state index contributed by atoms with van der Waals surface area (Å²) in [4.78, 5) is 20.1. The highest BCUT2D eigenvalue weighted by Crippen LogP contribution is 2.14. The Labute approximate surface area is 117 Å². The Morgan fingerprint density at radius 2 is 1.90 bits per heavy atom. The Balaban J connectivity index is 2.04. The second-order valence-electron chi connectivity index (χ2n) is 4.33. The van der Waals surface area contributed by atoms with Gasteiger partial charge in [0.1, 0.15) is 17.4 Å². The molecule has 0 aliphatic heterocycles. The van der Waals surface area contributed by atoms with Gasteiger partial charge in [-0.25, -0.2) is 14.8 Å². The zero-order valence-electron chi connectivity index (χ0n) is 11.6. The van der Waals surface area contributed by atoms with Crippen molar-refractivity contribution in [3.63, 3.8) is 0 Å². The van der Waals surface area contributed by atoms with Crippen molar-refractivity contribution in [1.82, 2.24) is 9.97 Å². The van der Waals surface area contributed by atoms with Gasteiger partial charge < -0.3 is 4.74 Å². The van der Waals surface area contributed by atoms with Crippen molar-refractivity contribution < 1.29 is 9.53 Å². The van der Waals surface area contributed by atoms with Crippen LogP contribution in [0.4, 0.5) is 16.4 Å². The molecule has 2 heterocycles. The molecular weight excluding hydrogens is 256 g/mol. The van der Waals surface area contributed by atoms with E-state index in [9.17, 15) is 4.79 Å². The van der Waals surface area contributed by atoms with E-state index in [1.54, 1.807) is 31.5 Å². The standard InChI is InChI=1S/C14H16N4O2/c1-9-6-10(2)16-13(7-9)18-14(19)17-12-8-11(20-3)4-5-15-12/h4-8H,1-3H3,(H2,15,16,17,18,19). The van der Waals surface area contributed by atoms with E-state index in [2.05, 4.69) is 20.6 Å². The summed E-state index contributed by atoms with van der Waals surface area (Å²) in [5.74, 6) is 1.54. The maximum atomic E-state index is 11.9. The third-order valence-corrected chi connectivity index (χ3v) is 2.55. The van der Waals surface area contributed by atoms with Crippen molar-refractivity contribution in [3.05, 3.63) is 41.7 Å². The first kappa shape index (κ1) is 13.8. The summed E-state index contributed by atoms with van der Waals surface area (Å²) >= 11 is 0. The number of rotatable bonds is 3. The first-order valence-corrected chi connectivity index (χ1v) is 6.10. The Morgan fingerprint density at radius 3 is 2.60 bits per heavy atom. The fourth-order valence-corrected chi connectivity index (χ4v) is 1.78. The molecule has 0 radical (unpaired) electrons. The Hall–Kier alpha value is -2.63. The molecule has 6 nitrogen and oxygen atoms in total. The van der Waals surface area contributed by atoms with E-state index in [4.69, 9.17) is 4.74 Å². The van der Waals surface area contributed by atoms with Gasteiger partial charge >= 0.3 is 6.03 Å². The molecule has 0 aliphatic carbocycles. The molecule has 0 saturated heterocycles. The predicted octanol–water partition coefficient (Wildman–Crippen LogP) is 2.75. The maximum absolute atomic E-state index is 11.9. The van der Waals surface area contributed by atoms with Crippen LogP contribution in [0.1, 0.15) is 11.3 Å². The third-order valence-electron chi connectivity index (χ3n) is 2.55. The van der Waals surface area contributed by atoms with Crippen LogP contribution in [-0.4, -0.2) is 23.1 Å². The molecule has 2 aromatic rings. The zero-order valence-corrected chi connectivity index (χ0v) is 11.6. The van der Waals surface area contributed by atoms with Crippen molar-refractivity contribution in [3.8, 4) is 5.75 Å². The van der Waals surface area contributed by atoms with Crippen molar-refractivity contribution in [2.24, 2.45) is 0 Å². The minimum atomic E-state index is -0.400. The highest BCUT2D eigenvalue weighted by molar-refractivity contribution is 5.98. The van der Waals surface area contributed by atoms with E-state index < -0.39 is 6.03 Å². The molecule has 2 aromatic heterocycles. The Morgan fingerprint density at radius 1 is 1.15 bits per heavy atom. The molecule has 0 saturated carbocycles. The van der Waals surface area contributed by atoms with Gasteiger partial charge in [-0.1, -0.05) is 0 Å². The fraction of sp³-hybridized carbons (Fsp3) is 0.214. The van der Waals surface area contributed by atoms with Gasteiger partial charge in [0, 0.05) is 18.0 Å². The average Bonchev–Trinajstić information content (AvgIpc) is 2.37. The molecule has 0 spiro atoms. The van der Waals surface area contributed by atoms with E-state index in [0.29, 0.717) is 17.4 Å². The van der Waals surface area contributed by atoms with Crippen LogP contribution in [0.25, 0.3) is 0 Å². The van der Waals surface area contributed by atoms with Gasteiger partial charge in [0.15, 0.2) is 0 Å². The number of carbonyl (C=O) groups excluding carboxylic acids is 1. The molecule has 0 atom stereocenters. The number of aromatic nitrogens is 2. The van der Waals surface area contributed by atoms with Crippen LogP contribution in [0.3, 0.4) is 0 Å². The van der Waals surface area contributed by atoms with Crippen LogP contribution in [0.15, 0.2) is 30.5 Å². The Bertz CT molecular complexity index is 608. The fourth-order valence-electron chi connectivity index (χ4n) is 1.78. The molecule has 6 heteroatoms. The summed E-state index contributed by atoms with van der Waals surface area (Å²) in [7, 11) is 1.55. The summed E-state index contributed by atoms with van der Waals surface area (Å²) in [6.45, 7) is 3.82. The highest BCUT2D eigenvalue weighted by Gasteiger charge is 2.06. The lowest BCUT2D eigenvalue weighted by Crippen LogP contribution is -2.21. The number of hydrogen-bond donors (Lipinski definition) is 2.